The van der Waals surface area contributed by atoms with Crippen LogP contribution in [0.3, 0.4) is 0 Å². The average molecular weight is 163 g/mol. The predicted molar refractivity (Wildman–Crippen MR) is 37.7 cm³/mol. The van der Waals surface area contributed by atoms with Crippen molar-refractivity contribution in [2.45, 2.75) is 12.5 Å². The van der Waals surface area contributed by atoms with Crippen molar-refractivity contribution in [2.75, 3.05) is 19.8 Å². The van der Waals surface area contributed by atoms with Gasteiger partial charge in [-0.25, -0.2) is 0 Å². The summed E-state index contributed by atoms with van der Waals surface area (Å²) in [5.41, 5.74) is 4.81. The van der Waals surface area contributed by atoms with Gasteiger partial charge in [-0.15, -0.1) is 0 Å². The molecule has 0 aromatic carbocycles. The van der Waals surface area contributed by atoms with E-state index in [-0.39, 0.29) is 26.2 Å². The van der Waals surface area contributed by atoms with Crippen LogP contribution >= 0.6 is 0 Å². The summed E-state index contributed by atoms with van der Waals surface area (Å²) in [5, 5.41) is 17.1. The highest BCUT2D eigenvalue weighted by Crippen LogP contribution is 1.85. The number of hydrogen-bond donors (Lipinski definition) is 3. The lowest BCUT2D eigenvalue weighted by Gasteiger charge is -2.06. The Kier molecular flexibility index (Phi) is 5.73. The van der Waals surface area contributed by atoms with Crippen molar-refractivity contribution in [3.63, 3.8) is 0 Å². The monoisotopic (exact) mass is 163 g/mol. The van der Waals surface area contributed by atoms with Crippen LogP contribution in [0, 0.1) is 0 Å². The minimum atomic E-state index is -0.872. The SMILES string of the molecule is NC(=O)CCOCC(O)CO. The van der Waals surface area contributed by atoms with Gasteiger partial charge >= 0.3 is 0 Å². The largest absolute Gasteiger partial charge is 0.394 e. The molecule has 1 atom stereocenters. The maximum atomic E-state index is 10.1. The summed E-state index contributed by atoms with van der Waals surface area (Å²) in [6.45, 7) is -0.118. The molecule has 0 heterocycles. The number of carbonyl (C=O) groups is 1. The molecule has 0 aliphatic carbocycles. The number of carbonyl (C=O) groups excluding carboxylic acids is 1. The van der Waals surface area contributed by atoms with E-state index in [1.165, 1.54) is 0 Å². The quantitative estimate of drug-likeness (QED) is 0.404. The minimum Gasteiger partial charge on any atom is -0.394 e. The van der Waals surface area contributed by atoms with Crippen molar-refractivity contribution >= 4 is 5.91 Å². The molecule has 0 radical (unpaired) electrons. The van der Waals surface area contributed by atoms with Crippen molar-refractivity contribution in [1.29, 1.82) is 0 Å². The minimum absolute atomic E-state index is 0.0315. The number of aliphatic hydroxyl groups is 2. The highest BCUT2D eigenvalue weighted by atomic mass is 16.5. The summed E-state index contributed by atoms with van der Waals surface area (Å²) >= 11 is 0. The third-order valence-electron chi connectivity index (χ3n) is 1.01. The zero-order chi connectivity index (χ0) is 8.69. The average Bonchev–Trinajstić information content (AvgIpc) is 1.97. The Hall–Kier alpha value is -0.650. The third-order valence-corrected chi connectivity index (χ3v) is 1.01. The van der Waals surface area contributed by atoms with E-state index in [9.17, 15) is 4.79 Å². The molecule has 1 amide bonds. The van der Waals surface area contributed by atoms with Crippen LogP contribution in [0.1, 0.15) is 6.42 Å². The molecule has 5 nitrogen and oxygen atoms in total. The highest BCUT2D eigenvalue weighted by molar-refractivity contribution is 5.73. The van der Waals surface area contributed by atoms with Crippen LogP contribution in [0.5, 0.6) is 0 Å². The second-order valence-corrected chi connectivity index (χ2v) is 2.13. The van der Waals surface area contributed by atoms with Crippen LogP contribution in [0.4, 0.5) is 0 Å². The summed E-state index contributed by atoms with van der Waals surface area (Å²) in [4.78, 5) is 10.1. The summed E-state index contributed by atoms with van der Waals surface area (Å²) in [6.07, 6.45) is -0.735. The number of aliphatic hydroxyl groups excluding tert-OH is 2. The number of nitrogens with two attached hydrogens (primary N) is 1. The lowest BCUT2D eigenvalue weighted by molar-refractivity contribution is -0.119. The van der Waals surface area contributed by atoms with E-state index in [0.29, 0.717) is 0 Å². The Morgan fingerprint density at radius 2 is 2.27 bits per heavy atom. The van der Waals surface area contributed by atoms with Crippen LogP contribution in [0.15, 0.2) is 0 Å². The number of ether oxygens (including phenoxy) is 1. The first-order valence-corrected chi connectivity index (χ1v) is 3.31. The number of hydrogen-bond acceptors (Lipinski definition) is 4. The standard InChI is InChI=1S/C6H13NO4/c7-6(10)1-2-11-4-5(9)3-8/h5,8-9H,1-4H2,(H2,7,10). The normalized spacial score (nSPS) is 12.9. The van der Waals surface area contributed by atoms with Gasteiger partial charge < -0.3 is 20.7 Å². The first-order valence-electron chi connectivity index (χ1n) is 3.31. The van der Waals surface area contributed by atoms with Crippen molar-refractivity contribution in [1.82, 2.24) is 0 Å². The van der Waals surface area contributed by atoms with Crippen LogP contribution in [0.2, 0.25) is 0 Å². The molecule has 0 aromatic heterocycles. The highest BCUT2D eigenvalue weighted by Gasteiger charge is 2.01. The smallest absolute Gasteiger partial charge is 0.219 e. The molecule has 66 valence electrons. The van der Waals surface area contributed by atoms with Gasteiger partial charge in [0.15, 0.2) is 0 Å². The molecule has 1 unspecified atom stereocenters. The molecule has 0 spiro atoms. The predicted octanol–water partition coefficient (Wildman–Crippen LogP) is -1.77. The Labute approximate surface area is 64.8 Å². The fourth-order valence-corrected chi connectivity index (χ4v) is 0.445. The molecule has 0 saturated carbocycles. The van der Waals surface area contributed by atoms with Crippen molar-refractivity contribution in [2.24, 2.45) is 5.73 Å². The first kappa shape index (κ1) is 10.3. The maximum absolute atomic E-state index is 10.1. The van der Waals surface area contributed by atoms with Gasteiger partial charge in [0.1, 0.15) is 6.10 Å². The topological polar surface area (TPSA) is 92.8 Å². The van der Waals surface area contributed by atoms with E-state index >= 15 is 0 Å². The number of amides is 1. The van der Waals surface area contributed by atoms with E-state index in [1.54, 1.807) is 0 Å². The van der Waals surface area contributed by atoms with Crippen LogP contribution < -0.4 is 5.73 Å². The summed E-state index contributed by atoms with van der Waals surface area (Å²) in [7, 11) is 0. The Bertz CT molecular complexity index is 117. The summed E-state index contributed by atoms with van der Waals surface area (Å²) in [6, 6.07) is 0. The fourth-order valence-electron chi connectivity index (χ4n) is 0.445. The Morgan fingerprint density at radius 3 is 2.73 bits per heavy atom. The molecular weight excluding hydrogens is 150 g/mol. The molecule has 0 aliphatic rings. The summed E-state index contributed by atoms with van der Waals surface area (Å²) < 4.78 is 4.79. The summed E-state index contributed by atoms with van der Waals surface area (Å²) in [5.74, 6) is -0.441. The maximum Gasteiger partial charge on any atom is 0.219 e. The Morgan fingerprint density at radius 1 is 1.64 bits per heavy atom. The second kappa shape index (κ2) is 6.09. The van der Waals surface area contributed by atoms with Crippen molar-refractivity contribution in [3.8, 4) is 0 Å². The van der Waals surface area contributed by atoms with Crippen molar-refractivity contribution in [3.05, 3.63) is 0 Å². The van der Waals surface area contributed by atoms with Gasteiger partial charge in [-0.2, -0.15) is 0 Å². The van der Waals surface area contributed by atoms with Crippen LogP contribution in [-0.4, -0.2) is 42.0 Å². The molecule has 0 aliphatic heterocycles. The zero-order valence-corrected chi connectivity index (χ0v) is 6.19. The molecule has 0 aromatic rings. The van der Waals surface area contributed by atoms with Gasteiger partial charge in [0.05, 0.1) is 19.8 Å². The molecule has 5 heteroatoms. The third kappa shape index (κ3) is 7.24. The van der Waals surface area contributed by atoms with Gasteiger partial charge in [0, 0.05) is 6.42 Å². The van der Waals surface area contributed by atoms with Gasteiger partial charge in [-0.3, -0.25) is 4.79 Å². The molecule has 0 saturated heterocycles. The van der Waals surface area contributed by atoms with Crippen LogP contribution in [-0.2, 0) is 9.53 Å². The van der Waals surface area contributed by atoms with E-state index in [1.807, 2.05) is 0 Å². The molecule has 11 heavy (non-hydrogen) atoms. The second-order valence-electron chi connectivity index (χ2n) is 2.13. The molecular formula is C6H13NO4. The first-order chi connectivity index (χ1) is 5.16. The number of rotatable bonds is 6. The molecule has 0 fully saturated rings. The Balaban J connectivity index is 3.08. The molecule has 0 rings (SSSR count). The lowest BCUT2D eigenvalue weighted by atomic mass is 10.4. The lowest BCUT2D eigenvalue weighted by Crippen LogP contribution is -2.21. The fraction of sp³-hybridized carbons (Fsp3) is 0.833. The zero-order valence-electron chi connectivity index (χ0n) is 6.19. The van der Waals surface area contributed by atoms with E-state index in [4.69, 9.17) is 20.7 Å². The van der Waals surface area contributed by atoms with Gasteiger partial charge in [-0.05, 0) is 0 Å². The van der Waals surface area contributed by atoms with Gasteiger partial charge in [0.25, 0.3) is 0 Å². The molecule has 4 N–H and O–H groups in total. The number of primary amides is 1. The molecule has 0 bridgehead atoms. The van der Waals surface area contributed by atoms with Gasteiger partial charge in [-0.1, -0.05) is 0 Å². The van der Waals surface area contributed by atoms with Crippen LogP contribution in [0.25, 0.3) is 0 Å². The van der Waals surface area contributed by atoms with Gasteiger partial charge in [0.2, 0.25) is 5.91 Å². The van der Waals surface area contributed by atoms with Crippen molar-refractivity contribution < 1.29 is 19.7 Å². The van der Waals surface area contributed by atoms with E-state index in [0.717, 1.165) is 0 Å². The van der Waals surface area contributed by atoms with E-state index < -0.39 is 12.0 Å². The van der Waals surface area contributed by atoms with E-state index in [2.05, 4.69) is 0 Å².